The molecule has 100 valence electrons. The predicted molar refractivity (Wildman–Crippen MR) is 72.2 cm³/mol. The number of carboxylic acids is 1. The molecule has 6 heteroatoms. The van der Waals surface area contributed by atoms with Crippen LogP contribution in [-0.4, -0.2) is 26.1 Å². The quantitative estimate of drug-likeness (QED) is 0.938. The molecular formula is C13H14ClN3O2. The normalized spacial score (nSPS) is 11.6. The summed E-state index contributed by atoms with van der Waals surface area (Å²) in [6, 6.07) is 5.48. The van der Waals surface area contributed by atoms with Crippen LogP contribution in [0.1, 0.15) is 19.4 Å². The van der Waals surface area contributed by atoms with Gasteiger partial charge in [0, 0.05) is 10.6 Å². The zero-order valence-corrected chi connectivity index (χ0v) is 11.6. The number of aryl methyl sites for hydroxylation is 1. The minimum absolute atomic E-state index is 0.646. The zero-order valence-electron chi connectivity index (χ0n) is 10.9. The molecule has 0 saturated carbocycles. The van der Waals surface area contributed by atoms with Crippen LogP contribution in [0.25, 0.3) is 11.3 Å². The number of rotatable bonds is 3. The van der Waals surface area contributed by atoms with Crippen molar-refractivity contribution in [1.29, 1.82) is 0 Å². The molecule has 1 aromatic carbocycles. The largest absolute Gasteiger partial charge is 0.479 e. The average molecular weight is 280 g/mol. The van der Waals surface area contributed by atoms with Gasteiger partial charge in [0.15, 0.2) is 5.54 Å². The fourth-order valence-corrected chi connectivity index (χ4v) is 1.86. The molecule has 0 bridgehead atoms. The molecule has 0 atom stereocenters. The van der Waals surface area contributed by atoms with Crippen molar-refractivity contribution in [3.8, 4) is 11.3 Å². The monoisotopic (exact) mass is 279 g/mol. The number of benzene rings is 1. The Hall–Kier alpha value is -1.88. The van der Waals surface area contributed by atoms with E-state index in [2.05, 4.69) is 10.3 Å². The molecule has 0 aliphatic heterocycles. The molecular weight excluding hydrogens is 266 g/mol. The fraction of sp³-hybridized carbons (Fsp3) is 0.308. The highest BCUT2D eigenvalue weighted by atomic mass is 35.5. The molecule has 0 spiro atoms. The number of aliphatic carboxylic acids is 1. The Bertz CT molecular complexity index is 635. The zero-order chi connectivity index (χ0) is 14.2. The van der Waals surface area contributed by atoms with E-state index >= 15 is 0 Å². The molecule has 2 aromatic rings. The van der Waals surface area contributed by atoms with Crippen molar-refractivity contribution < 1.29 is 9.90 Å². The van der Waals surface area contributed by atoms with Gasteiger partial charge in [-0.25, -0.2) is 9.48 Å². The van der Waals surface area contributed by atoms with Gasteiger partial charge in [-0.3, -0.25) is 0 Å². The van der Waals surface area contributed by atoms with Gasteiger partial charge in [-0.1, -0.05) is 22.9 Å². The third-order valence-electron chi connectivity index (χ3n) is 3.06. The summed E-state index contributed by atoms with van der Waals surface area (Å²) >= 11 is 5.99. The number of nitrogens with zero attached hydrogens (tertiary/aromatic N) is 3. The second-order valence-electron chi connectivity index (χ2n) is 4.86. The van der Waals surface area contributed by atoms with Crippen LogP contribution in [0, 0.1) is 6.92 Å². The number of carboxylic acid groups (broad SMARTS) is 1. The maximum absolute atomic E-state index is 11.3. The minimum Gasteiger partial charge on any atom is -0.479 e. The molecule has 0 aliphatic carbocycles. The SMILES string of the molecule is Cc1cc(-c2cnnn2C(C)(C)C(=O)O)ccc1Cl. The average Bonchev–Trinajstić information content (AvgIpc) is 2.82. The molecule has 0 amide bonds. The van der Waals surface area contributed by atoms with E-state index in [0.717, 1.165) is 11.1 Å². The van der Waals surface area contributed by atoms with E-state index in [9.17, 15) is 9.90 Å². The molecule has 1 heterocycles. The highest BCUT2D eigenvalue weighted by molar-refractivity contribution is 6.31. The molecule has 19 heavy (non-hydrogen) atoms. The molecule has 1 N–H and O–H groups in total. The van der Waals surface area contributed by atoms with Crippen molar-refractivity contribution in [2.24, 2.45) is 0 Å². The van der Waals surface area contributed by atoms with Gasteiger partial charge in [0.2, 0.25) is 0 Å². The molecule has 0 aliphatic rings. The van der Waals surface area contributed by atoms with E-state index in [1.54, 1.807) is 26.1 Å². The van der Waals surface area contributed by atoms with Gasteiger partial charge in [0.05, 0.1) is 11.9 Å². The molecule has 2 rings (SSSR count). The second kappa shape index (κ2) is 4.66. The lowest BCUT2D eigenvalue weighted by atomic mass is 10.0. The van der Waals surface area contributed by atoms with E-state index < -0.39 is 11.5 Å². The lowest BCUT2D eigenvalue weighted by Gasteiger charge is -2.21. The summed E-state index contributed by atoms with van der Waals surface area (Å²) < 4.78 is 1.40. The molecule has 1 aromatic heterocycles. The van der Waals surface area contributed by atoms with E-state index in [-0.39, 0.29) is 0 Å². The molecule has 5 nitrogen and oxygen atoms in total. The third-order valence-corrected chi connectivity index (χ3v) is 3.48. The smallest absolute Gasteiger partial charge is 0.331 e. The van der Waals surface area contributed by atoms with Gasteiger partial charge in [-0.15, -0.1) is 5.10 Å². The Balaban J connectivity index is 2.56. The van der Waals surface area contributed by atoms with Gasteiger partial charge >= 0.3 is 5.97 Å². The van der Waals surface area contributed by atoms with Crippen LogP contribution in [0.4, 0.5) is 0 Å². The van der Waals surface area contributed by atoms with Crippen LogP contribution >= 0.6 is 11.6 Å². The number of halogens is 1. The number of hydrogen-bond donors (Lipinski definition) is 1. The summed E-state index contributed by atoms with van der Waals surface area (Å²) in [7, 11) is 0. The van der Waals surface area contributed by atoms with E-state index in [4.69, 9.17) is 11.6 Å². The highest BCUT2D eigenvalue weighted by Crippen LogP contribution is 2.27. The topological polar surface area (TPSA) is 68.0 Å². The summed E-state index contributed by atoms with van der Waals surface area (Å²) in [6.07, 6.45) is 1.55. The minimum atomic E-state index is -1.17. The van der Waals surface area contributed by atoms with Gasteiger partial charge in [0.25, 0.3) is 0 Å². The summed E-state index contributed by atoms with van der Waals surface area (Å²) in [6.45, 7) is 5.05. The first kappa shape index (κ1) is 13.5. The van der Waals surface area contributed by atoms with Gasteiger partial charge < -0.3 is 5.11 Å². The van der Waals surface area contributed by atoms with Gasteiger partial charge in [-0.05, 0) is 38.5 Å². The standard InChI is InChI=1S/C13H14ClN3O2/c1-8-6-9(4-5-10(8)14)11-7-15-16-17(11)13(2,3)12(18)19/h4-7H,1-3H3,(H,18,19). The Morgan fingerprint density at radius 2 is 2.11 bits per heavy atom. The van der Waals surface area contributed by atoms with E-state index in [0.29, 0.717) is 10.7 Å². The lowest BCUT2D eigenvalue weighted by Crippen LogP contribution is -2.37. The molecule has 0 saturated heterocycles. The van der Waals surface area contributed by atoms with Crippen LogP contribution in [0.3, 0.4) is 0 Å². The van der Waals surface area contributed by atoms with Crippen molar-refractivity contribution in [2.45, 2.75) is 26.3 Å². The highest BCUT2D eigenvalue weighted by Gasteiger charge is 2.32. The Kier molecular flexibility index (Phi) is 3.32. The van der Waals surface area contributed by atoms with Gasteiger partial charge in [0.1, 0.15) is 0 Å². The number of aromatic nitrogens is 3. The third kappa shape index (κ3) is 2.33. The second-order valence-corrected chi connectivity index (χ2v) is 5.27. The molecule has 0 fully saturated rings. The predicted octanol–water partition coefficient (Wildman–Crippen LogP) is 2.73. The first-order chi connectivity index (χ1) is 8.84. The Morgan fingerprint density at radius 1 is 1.42 bits per heavy atom. The Labute approximate surface area is 115 Å². The van der Waals surface area contributed by atoms with Crippen molar-refractivity contribution in [3.05, 3.63) is 35.0 Å². The molecule has 0 radical (unpaired) electrons. The maximum atomic E-state index is 11.3. The summed E-state index contributed by atoms with van der Waals surface area (Å²) in [5.74, 6) is -0.968. The lowest BCUT2D eigenvalue weighted by molar-refractivity contribution is -0.146. The number of carbonyl (C=O) groups is 1. The summed E-state index contributed by atoms with van der Waals surface area (Å²) in [5, 5.41) is 17.6. The van der Waals surface area contributed by atoms with Gasteiger partial charge in [-0.2, -0.15) is 0 Å². The van der Waals surface area contributed by atoms with Crippen molar-refractivity contribution in [1.82, 2.24) is 15.0 Å². The van der Waals surface area contributed by atoms with E-state index in [1.807, 2.05) is 19.1 Å². The first-order valence-electron chi connectivity index (χ1n) is 5.75. The van der Waals surface area contributed by atoms with Crippen LogP contribution in [0.5, 0.6) is 0 Å². The van der Waals surface area contributed by atoms with Crippen LogP contribution < -0.4 is 0 Å². The van der Waals surface area contributed by atoms with Crippen LogP contribution in [0.2, 0.25) is 5.02 Å². The molecule has 0 unspecified atom stereocenters. The van der Waals surface area contributed by atoms with Crippen LogP contribution in [-0.2, 0) is 10.3 Å². The summed E-state index contributed by atoms with van der Waals surface area (Å²) in [4.78, 5) is 11.3. The number of hydrogen-bond acceptors (Lipinski definition) is 3. The Morgan fingerprint density at radius 3 is 2.68 bits per heavy atom. The first-order valence-corrected chi connectivity index (χ1v) is 6.13. The summed E-state index contributed by atoms with van der Waals surface area (Å²) in [5.41, 5.74) is 1.23. The maximum Gasteiger partial charge on any atom is 0.331 e. The van der Waals surface area contributed by atoms with E-state index in [1.165, 1.54) is 4.68 Å². The fourth-order valence-electron chi connectivity index (χ4n) is 1.74. The van der Waals surface area contributed by atoms with Crippen molar-refractivity contribution in [2.75, 3.05) is 0 Å². The van der Waals surface area contributed by atoms with Crippen LogP contribution in [0.15, 0.2) is 24.4 Å². The van der Waals surface area contributed by atoms with Crippen molar-refractivity contribution in [3.63, 3.8) is 0 Å². The van der Waals surface area contributed by atoms with Crippen molar-refractivity contribution >= 4 is 17.6 Å².